The van der Waals surface area contributed by atoms with Crippen LogP contribution in [-0.2, 0) is 6.42 Å². The van der Waals surface area contributed by atoms with Crippen LogP contribution in [0, 0.1) is 0 Å². The molecule has 0 bridgehead atoms. The number of rotatable bonds is 7. The van der Waals surface area contributed by atoms with Gasteiger partial charge in [0.2, 0.25) is 0 Å². The standard InChI is InChI=1S/C23H20BrNO3/c1-16(26)18-7-5-17(6-8-18)13-14-28-22-4-2-3-19(15-22)23(27)25-21-11-9-20(24)10-12-21/h2-12,15H,13-14H2,1H3,(H,25,27). The van der Waals surface area contributed by atoms with Gasteiger partial charge in [-0.3, -0.25) is 9.59 Å². The largest absolute Gasteiger partial charge is 0.493 e. The number of benzene rings is 3. The Morgan fingerprint density at radius 1 is 0.929 bits per heavy atom. The highest BCUT2D eigenvalue weighted by molar-refractivity contribution is 9.10. The number of ether oxygens (including phenoxy) is 1. The summed E-state index contributed by atoms with van der Waals surface area (Å²) in [5.74, 6) is 0.512. The Bertz CT molecular complexity index is 966. The minimum Gasteiger partial charge on any atom is -0.493 e. The van der Waals surface area contributed by atoms with Gasteiger partial charge in [0.15, 0.2) is 5.78 Å². The van der Waals surface area contributed by atoms with Crippen molar-refractivity contribution >= 4 is 33.3 Å². The van der Waals surface area contributed by atoms with Gasteiger partial charge in [0.05, 0.1) is 6.61 Å². The second-order valence-electron chi connectivity index (χ2n) is 6.34. The summed E-state index contributed by atoms with van der Waals surface area (Å²) in [6, 6.07) is 22.0. The Labute approximate surface area is 172 Å². The van der Waals surface area contributed by atoms with Crippen LogP contribution in [0.4, 0.5) is 5.69 Å². The Morgan fingerprint density at radius 2 is 1.64 bits per heavy atom. The zero-order chi connectivity index (χ0) is 19.9. The highest BCUT2D eigenvalue weighted by Crippen LogP contribution is 2.18. The highest BCUT2D eigenvalue weighted by Gasteiger charge is 2.08. The molecule has 1 N–H and O–H groups in total. The van der Waals surface area contributed by atoms with Crippen LogP contribution in [0.3, 0.4) is 0 Å². The number of hydrogen-bond donors (Lipinski definition) is 1. The van der Waals surface area contributed by atoms with Gasteiger partial charge in [0.1, 0.15) is 5.75 Å². The summed E-state index contributed by atoms with van der Waals surface area (Å²) >= 11 is 3.37. The molecule has 0 unspecified atom stereocenters. The molecule has 3 rings (SSSR count). The SMILES string of the molecule is CC(=O)c1ccc(CCOc2cccc(C(=O)Nc3ccc(Br)cc3)c2)cc1. The van der Waals surface area contributed by atoms with Gasteiger partial charge in [-0.05, 0) is 55.0 Å². The van der Waals surface area contributed by atoms with Gasteiger partial charge < -0.3 is 10.1 Å². The van der Waals surface area contributed by atoms with Gasteiger partial charge in [-0.1, -0.05) is 46.3 Å². The first-order valence-electron chi connectivity index (χ1n) is 8.91. The van der Waals surface area contributed by atoms with Crippen LogP contribution in [0.5, 0.6) is 5.75 Å². The maximum atomic E-state index is 12.4. The fourth-order valence-corrected chi connectivity index (χ4v) is 2.92. The lowest BCUT2D eigenvalue weighted by atomic mass is 10.1. The molecule has 4 nitrogen and oxygen atoms in total. The average molecular weight is 438 g/mol. The number of ketones is 1. The summed E-state index contributed by atoms with van der Waals surface area (Å²) < 4.78 is 6.75. The maximum Gasteiger partial charge on any atom is 0.255 e. The smallest absolute Gasteiger partial charge is 0.255 e. The summed E-state index contributed by atoms with van der Waals surface area (Å²) in [7, 11) is 0. The first-order chi connectivity index (χ1) is 13.5. The summed E-state index contributed by atoms with van der Waals surface area (Å²) in [6.07, 6.45) is 0.716. The van der Waals surface area contributed by atoms with Crippen molar-refractivity contribution in [2.24, 2.45) is 0 Å². The summed E-state index contributed by atoms with van der Waals surface area (Å²) in [5, 5.41) is 2.87. The minimum atomic E-state index is -0.187. The van der Waals surface area contributed by atoms with E-state index in [0.29, 0.717) is 29.9 Å². The molecule has 0 atom stereocenters. The third-order valence-corrected chi connectivity index (χ3v) is 4.75. The monoisotopic (exact) mass is 437 g/mol. The average Bonchev–Trinajstić information content (AvgIpc) is 2.70. The zero-order valence-corrected chi connectivity index (χ0v) is 17.0. The second-order valence-corrected chi connectivity index (χ2v) is 7.26. The molecule has 142 valence electrons. The lowest BCUT2D eigenvalue weighted by Crippen LogP contribution is -2.12. The van der Waals surface area contributed by atoms with Gasteiger partial charge >= 0.3 is 0 Å². The fourth-order valence-electron chi connectivity index (χ4n) is 2.66. The van der Waals surface area contributed by atoms with Crippen molar-refractivity contribution in [1.29, 1.82) is 0 Å². The first-order valence-corrected chi connectivity index (χ1v) is 9.70. The van der Waals surface area contributed by atoms with Gasteiger partial charge in [0.25, 0.3) is 5.91 Å². The molecule has 1 amide bonds. The maximum absolute atomic E-state index is 12.4. The molecule has 0 spiro atoms. The van der Waals surface area contributed by atoms with E-state index in [1.165, 1.54) is 0 Å². The van der Waals surface area contributed by atoms with Crippen molar-refractivity contribution in [1.82, 2.24) is 0 Å². The van der Waals surface area contributed by atoms with Crippen LogP contribution < -0.4 is 10.1 Å². The molecule has 3 aromatic rings. The lowest BCUT2D eigenvalue weighted by molar-refractivity contribution is 0.101. The van der Waals surface area contributed by atoms with Crippen LogP contribution in [-0.4, -0.2) is 18.3 Å². The molecular weight excluding hydrogens is 418 g/mol. The van der Waals surface area contributed by atoms with E-state index in [0.717, 1.165) is 15.7 Å². The van der Waals surface area contributed by atoms with Crippen molar-refractivity contribution < 1.29 is 14.3 Å². The number of Topliss-reactive ketones (excluding diaryl/α,β-unsaturated/α-hetero) is 1. The zero-order valence-electron chi connectivity index (χ0n) is 15.4. The Morgan fingerprint density at radius 3 is 2.32 bits per heavy atom. The number of anilines is 1. The van der Waals surface area contributed by atoms with Gasteiger partial charge in [-0.25, -0.2) is 0 Å². The third kappa shape index (κ3) is 5.54. The van der Waals surface area contributed by atoms with E-state index in [9.17, 15) is 9.59 Å². The van der Waals surface area contributed by atoms with Crippen LogP contribution >= 0.6 is 15.9 Å². The van der Waals surface area contributed by atoms with E-state index in [1.807, 2.05) is 54.6 Å². The minimum absolute atomic E-state index is 0.0565. The van der Waals surface area contributed by atoms with Crippen LogP contribution in [0.25, 0.3) is 0 Å². The normalized spacial score (nSPS) is 10.4. The fraction of sp³-hybridized carbons (Fsp3) is 0.130. The predicted molar refractivity (Wildman–Crippen MR) is 114 cm³/mol. The topological polar surface area (TPSA) is 55.4 Å². The molecule has 0 saturated carbocycles. The molecule has 0 aliphatic carbocycles. The van der Waals surface area contributed by atoms with Crippen molar-refractivity contribution in [3.63, 3.8) is 0 Å². The predicted octanol–water partition coefficient (Wildman–Crippen LogP) is 5.53. The highest BCUT2D eigenvalue weighted by atomic mass is 79.9. The van der Waals surface area contributed by atoms with E-state index in [-0.39, 0.29) is 11.7 Å². The van der Waals surface area contributed by atoms with Crippen molar-refractivity contribution in [3.05, 3.63) is 94.0 Å². The van der Waals surface area contributed by atoms with Crippen LogP contribution in [0.2, 0.25) is 0 Å². The second kappa shape index (κ2) is 9.33. The van der Waals surface area contributed by atoms with E-state index in [2.05, 4.69) is 21.2 Å². The number of amides is 1. The number of hydrogen-bond acceptors (Lipinski definition) is 3. The summed E-state index contributed by atoms with van der Waals surface area (Å²) in [6.45, 7) is 2.04. The first kappa shape index (κ1) is 19.8. The van der Waals surface area contributed by atoms with Crippen molar-refractivity contribution in [2.45, 2.75) is 13.3 Å². The Kier molecular flexibility index (Phi) is 6.61. The van der Waals surface area contributed by atoms with Crippen LogP contribution in [0.15, 0.2) is 77.3 Å². The van der Waals surface area contributed by atoms with E-state index in [1.54, 1.807) is 25.1 Å². The van der Waals surface area contributed by atoms with E-state index >= 15 is 0 Å². The number of carbonyl (C=O) groups excluding carboxylic acids is 2. The summed E-state index contributed by atoms with van der Waals surface area (Å²) in [5.41, 5.74) is 3.06. The molecule has 3 aromatic carbocycles. The molecule has 0 heterocycles. The molecule has 5 heteroatoms. The molecule has 0 aliphatic heterocycles. The van der Waals surface area contributed by atoms with Gasteiger partial charge in [-0.15, -0.1) is 0 Å². The van der Waals surface area contributed by atoms with E-state index < -0.39 is 0 Å². The van der Waals surface area contributed by atoms with Crippen molar-refractivity contribution in [2.75, 3.05) is 11.9 Å². The molecular formula is C23H20BrNO3. The molecule has 0 saturated heterocycles. The number of nitrogens with one attached hydrogen (secondary N) is 1. The molecule has 0 radical (unpaired) electrons. The Hall–Kier alpha value is -2.92. The van der Waals surface area contributed by atoms with Gasteiger partial charge in [0, 0.05) is 27.7 Å². The molecule has 0 fully saturated rings. The van der Waals surface area contributed by atoms with Gasteiger partial charge in [-0.2, -0.15) is 0 Å². The molecule has 28 heavy (non-hydrogen) atoms. The third-order valence-electron chi connectivity index (χ3n) is 4.22. The van der Waals surface area contributed by atoms with Crippen molar-refractivity contribution in [3.8, 4) is 5.75 Å². The number of carbonyl (C=O) groups is 2. The molecule has 0 aliphatic rings. The van der Waals surface area contributed by atoms with Crippen LogP contribution in [0.1, 0.15) is 33.2 Å². The summed E-state index contributed by atoms with van der Waals surface area (Å²) in [4.78, 5) is 23.7. The van der Waals surface area contributed by atoms with E-state index in [4.69, 9.17) is 4.74 Å². The number of halogens is 1. The molecule has 0 aromatic heterocycles. The quantitative estimate of drug-likeness (QED) is 0.494. The Balaban J connectivity index is 1.56. The lowest BCUT2D eigenvalue weighted by Gasteiger charge is -2.09.